The van der Waals surface area contributed by atoms with Crippen molar-refractivity contribution in [1.29, 1.82) is 0 Å². The Balaban J connectivity index is 2.34. The molecule has 1 N–H and O–H groups in total. The smallest absolute Gasteiger partial charge is 0.325 e. The number of carboxylic acids is 1. The fourth-order valence-corrected chi connectivity index (χ4v) is 2.51. The molecule has 98 valence electrons. The van der Waals surface area contributed by atoms with Gasteiger partial charge in [0.05, 0.1) is 13.2 Å². The highest BCUT2D eigenvalue weighted by Crippen LogP contribution is 2.29. The molecule has 1 fully saturated rings. The van der Waals surface area contributed by atoms with Crippen molar-refractivity contribution in [2.45, 2.75) is 6.04 Å². The molecular weight excluding hydrogens is 305 g/mol. The van der Waals surface area contributed by atoms with E-state index in [4.69, 9.17) is 4.74 Å². The topological polar surface area (TPSA) is 49.8 Å². The average molecular weight is 318 g/mol. The Hall–Kier alpha value is -0.980. The van der Waals surface area contributed by atoms with Gasteiger partial charge in [-0.05, 0) is 23.8 Å². The number of carboxylic acid groups (broad SMARTS) is 1. The SMILES string of the molecule is O=C(O)C(c1cc(F)ccc1Br)N1CCOCC1. The van der Waals surface area contributed by atoms with Gasteiger partial charge in [0, 0.05) is 17.6 Å². The fourth-order valence-electron chi connectivity index (χ4n) is 2.05. The summed E-state index contributed by atoms with van der Waals surface area (Å²) < 4.78 is 19.1. The molecule has 0 amide bonds. The summed E-state index contributed by atoms with van der Waals surface area (Å²) in [4.78, 5) is 13.2. The molecule has 18 heavy (non-hydrogen) atoms. The Kier molecular flexibility index (Phi) is 4.31. The van der Waals surface area contributed by atoms with Gasteiger partial charge < -0.3 is 9.84 Å². The molecular formula is C12H13BrFNO3. The van der Waals surface area contributed by atoms with Crippen molar-refractivity contribution in [2.75, 3.05) is 26.3 Å². The summed E-state index contributed by atoms with van der Waals surface area (Å²) >= 11 is 3.28. The molecule has 0 radical (unpaired) electrons. The molecule has 0 saturated carbocycles. The zero-order valence-electron chi connectivity index (χ0n) is 9.60. The summed E-state index contributed by atoms with van der Waals surface area (Å²) in [5.74, 6) is -1.42. The first-order chi connectivity index (χ1) is 8.59. The summed E-state index contributed by atoms with van der Waals surface area (Å²) in [6.07, 6.45) is 0. The van der Waals surface area contributed by atoms with Crippen molar-refractivity contribution in [3.8, 4) is 0 Å². The minimum absolute atomic E-state index is 0.435. The van der Waals surface area contributed by atoms with E-state index in [0.717, 1.165) is 0 Å². The van der Waals surface area contributed by atoms with Crippen LogP contribution < -0.4 is 0 Å². The van der Waals surface area contributed by atoms with E-state index in [-0.39, 0.29) is 0 Å². The van der Waals surface area contributed by atoms with Crippen molar-refractivity contribution in [1.82, 2.24) is 4.90 Å². The summed E-state index contributed by atoms with van der Waals surface area (Å²) in [5.41, 5.74) is 0.435. The highest BCUT2D eigenvalue weighted by atomic mass is 79.9. The minimum Gasteiger partial charge on any atom is -0.480 e. The Morgan fingerprint density at radius 3 is 2.72 bits per heavy atom. The van der Waals surface area contributed by atoms with Crippen LogP contribution in [0.1, 0.15) is 11.6 Å². The summed E-state index contributed by atoms with van der Waals surface area (Å²) in [7, 11) is 0. The van der Waals surface area contributed by atoms with E-state index in [0.29, 0.717) is 36.3 Å². The van der Waals surface area contributed by atoms with E-state index in [1.807, 2.05) is 0 Å². The van der Waals surface area contributed by atoms with Gasteiger partial charge >= 0.3 is 5.97 Å². The van der Waals surface area contributed by atoms with Crippen molar-refractivity contribution in [3.63, 3.8) is 0 Å². The molecule has 1 aliphatic heterocycles. The second kappa shape index (κ2) is 5.77. The first-order valence-corrected chi connectivity index (χ1v) is 6.38. The molecule has 1 heterocycles. The monoisotopic (exact) mass is 317 g/mol. The lowest BCUT2D eigenvalue weighted by atomic mass is 10.0. The number of hydrogen-bond acceptors (Lipinski definition) is 3. The average Bonchev–Trinajstić information content (AvgIpc) is 2.35. The molecule has 1 aliphatic rings. The van der Waals surface area contributed by atoms with E-state index in [1.54, 1.807) is 4.90 Å². The van der Waals surface area contributed by atoms with Gasteiger partial charge in [0.1, 0.15) is 11.9 Å². The molecule has 1 unspecified atom stereocenters. The number of rotatable bonds is 3. The standard InChI is InChI=1S/C12H13BrFNO3/c13-10-2-1-8(14)7-9(10)11(12(16)17)15-3-5-18-6-4-15/h1-2,7,11H,3-6H2,(H,16,17). The lowest BCUT2D eigenvalue weighted by Crippen LogP contribution is -2.42. The second-order valence-corrected chi connectivity index (χ2v) is 4.91. The zero-order valence-corrected chi connectivity index (χ0v) is 11.2. The highest BCUT2D eigenvalue weighted by molar-refractivity contribution is 9.10. The van der Waals surface area contributed by atoms with Gasteiger partial charge in [-0.3, -0.25) is 9.69 Å². The maximum atomic E-state index is 13.3. The van der Waals surface area contributed by atoms with Crippen LogP contribution in [-0.2, 0) is 9.53 Å². The van der Waals surface area contributed by atoms with Gasteiger partial charge in [-0.2, -0.15) is 0 Å². The van der Waals surface area contributed by atoms with Crippen LogP contribution in [0.3, 0.4) is 0 Å². The lowest BCUT2D eigenvalue weighted by Gasteiger charge is -2.32. The number of nitrogens with zero attached hydrogens (tertiary/aromatic N) is 1. The normalized spacial score (nSPS) is 18.6. The Labute approximate surface area is 112 Å². The maximum Gasteiger partial charge on any atom is 0.325 e. The number of halogens is 2. The van der Waals surface area contributed by atoms with Crippen LogP contribution in [0.2, 0.25) is 0 Å². The predicted molar refractivity (Wildman–Crippen MR) is 66.9 cm³/mol. The van der Waals surface area contributed by atoms with Gasteiger partial charge in [-0.15, -0.1) is 0 Å². The molecule has 0 aliphatic carbocycles. The van der Waals surface area contributed by atoms with Gasteiger partial charge in [0.15, 0.2) is 0 Å². The summed E-state index contributed by atoms with van der Waals surface area (Å²) in [5, 5.41) is 9.37. The van der Waals surface area contributed by atoms with Gasteiger partial charge in [-0.1, -0.05) is 15.9 Å². The summed E-state index contributed by atoms with van der Waals surface area (Å²) in [6.45, 7) is 2.05. The van der Waals surface area contributed by atoms with Crippen LogP contribution in [0.25, 0.3) is 0 Å². The molecule has 1 atom stereocenters. The van der Waals surface area contributed by atoms with Crippen LogP contribution in [0.4, 0.5) is 4.39 Å². The molecule has 1 saturated heterocycles. The number of ether oxygens (including phenoxy) is 1. The van der Waals surface area contributed by atoms with Crippen LogP contribution in [0.5, 0.6) is 0 Å². The van der Waals surface area contributed by atoms with Crippen LogP contribution >= 0.6 is 15.9 Å². The van der Waals surface area contributed by atoms with E-state index >= 15 is 0 Å². The first-order valence-electron chi connectivity index (χ1n) is 5.59. The Morgan fingerprint density at radius 1 is 1.44 bits per heavy atom. The highest BCUT2D eigenvalue weighted by Gasteiger charge is 2.30. The molecule has 1 aromatic rings. The third-order valence-electron chi connectivity index (χ3n) is 2.90. The van der Waals surface area contributed by atoms with E-state index in [9.17, 15) is 14.3 Å². The van der Waals surface area contributed by atoms with Crippen LogP contribution in [0, 0.1) is 5.82 Å². The molecule has 4 nitrogen and oxygen atoms in total. The molecule has 6 heteroatoms. The lowest BCUT2D eigenvalue weighted by molar-refractivity contribution is -0.145. The maximum absolute atomic E-state index is 13.3. The predicted octanol–water partition coefficient (Wildman–Crippen LogP) is 2.05. The van der Waals surface area contributed by atoms with E-state index < -0.39 is 17.8 Å². The van der Waals surface area contributed by atoms with E-state index in [1.165, 1.54) is 18.2 Å². The van der Waals surface area contributed by atoms with Crippen molar-refractivity contribution in [2.24, 2.45) is 0 Å². The van der Waals surface area contributed by atoms with Crippen LogP contribution in [-0.4, -0.2) is 42.3 Å². The van der Waals surface area contributed by atoms with E-state index in [2.05, 4.69) is 15.9 Å². The largest absolute Gasteiger partial charge is 0.480 e. The third kappa shape index (κ3) is 2.88. The zero-order chi connectivity index (χ0) is 13.1. The van der Waals surface area contributed by atoms with Crippen molar-refractivity contribution < 1.29 is 19.0 Å². The Bertz CT molecular complexity index is 449. The summed E-state index contributed by atoms with van der Waals surface area (Å²) in [6, 6.07) is 3.24. The fraction of sp³-hybridized carbons (Fsp3) is 0.417. The third-order valence-corrected chi connectivity index (χ3v) is 3.62. The number of morpholine rings is 1. The molecule has 1 aromatic carbocycles. The molecule has 2 rings (SSSR count). The Morgan fingerprint density at radius 2 is 2.11 bits per heavy atom. The van der Waals surface area contributed by atoms with Crippen molar-refractivity contribution in [3.05, 3.63) is 34.1 Å². The number of aliphatic carboxylic acids is 1. The van der Waals surface area contributed by atoms with Gasteiger partial charge in [0.2, 0.25) is 0 Å². The number of benzene rings is 1. The number of carbonyl (C=O) groups is 1. The van der Waals surface area contributed by atoms with Gasteiger partial charge in [-0.25, -0.2) is 4.39 Å². The molecule has 0 aromatic heterocycles. The van der Waals surface area contributed by atoms with Gasteiger partial charge in [0.25, 0.3) is 0 Å². The van der Waals surface area contributed by atoms with Crippen LogP contribution in [0.15, 0.2) is 22.7 Å². The minimum atomic E-state index is -0.983. The molecule has 0 bridgehead atoms. The number of hydrogen-bond donors (Lipinski definition) is 1. The quantitative estimate of drug-likeness (QED) is 0.927. The van der Waals surface area contributed by atoms with Crippen molar-refractivity contribution >= 4 is 21.9 Å². The molecule has 0 spiro atoms. The first kappa shape index (κ1) is 13.5. The second-order valence-electron chi connectivity index (χ2n) is 4.05.